The van der Waals surface area contributed by atoms with Crippen LogP contribution in [0.2, 0.25) is 0 Å². The van der Waals surface area contributed by atoms with Crippen LogP contribution in [0.15, 0.2) is 72.9 Å². The van der Waals surface area contributed by atoms with Crippen molar-refractivity contribution in [2.45, 2.75) is 20.0 Å². The Bertz CT molecular complexity index is 864. The van der Waals surface area contributed by atoms with Crippen LogP contribution >= 0.6 is 0 Å². The number of pyridine rings is 1. The summed E-state index contributed by atoms with van der Waals surface area (Å²) < 4.78 is 12.9. The van der Waals surface area contributed by atoms with Crippen molar-refractivity contribution in [1.82, 2.24) is 10.3 Å². The van der Waals surface area contributed by atoms with E-state index >= 15 is 0 Å². The number of rotatable bonds is 7. The van der Waals surface area contributed by atoms with Crippen LogP contribution in [0.5, 0.6) is 0 Å². The highest BCUT2D eigenvalue weighted by atomic mass is 19.1. The Balaban J connectivity index is 1.61. The van der Waals surface area contributed by atoms with E-state index in [4.69, 9.17) is 0 Å². The van der Waals surface area contributed by atoms with Gasteiger partial charge in [0.25, 0.3) is 5.91 Å². The summed E-state index contributed by atoms with van der Waals surface area (Å²) >= 11 is 0. The first-order valence-corrected chi connectivity index (χ1v) is 8.93. The molecule has 0 unspecified atom stereocenters. The third-order valence-corrected chi connectivity index (χ3v) is 4.31. The summed E-state index contributed by atoms with van der Waals surface area (Å²) in [5, 5.41) is 2.80. The summed E-state index contributed by atoms with van der Waals surface area (Å²) in [6.45, 7) is 4.05. The van der Waals surface area contributed by atoms with Gasteiger partial charge in [0.15, 0.2) is 0 Å². The molecule has 1 aromatic heterocycles. The molecule has 0 atom stereocenters. The molecule has 0 spiro atoms. The number of benzene rings is 2. The van der Waals surface area contributed by atoms with E-state index in [0.29, 0.717) is 12.2 Å². The van der Waals surface area contributed by atoms with Gasteiger partial charge < -0.3 is 10.2 Å². The van der Waals surface area contributed by atoms with E-state index in [1.165, 1.54) is 17.7 Å². The van der Waals surface area contributed by atoms with Crippen molar-refractivity contribution < 1.29 is 9.18 Å². The first-order valence-electron chi connectivity index (χ1n) is 8.93. The van der Waals surface area contributed by atoms with Crippen LogP contribution in [0.1, 0.15) is 28.5 Å². The van der Waals surface area contributed by atoms with Crippen molar-refractivity contribution >= 4 is 11.6 Å². The fourth-order valence-corrected chi connectivity index (χ4v) is 2.77. The fourth-order valence-electron chi connectivity index (χ4n) is 2.77. The number of amides is 1. The third kappa shape index (κ3) is 5.14. The van der Waals surface area contributed by atoms with Crippen LogP contribution < -0.4 is 10.2 Å². The Morgan fingerprint density at radius 1 is 1.00 bits per heavy atom. The van der Waals surface area contributed by atoms with Gasteiger partial charge in [0, 0.05) is 19.6 Å². The first kappa shape index (κ1) is 18.6. The SMILES string of the molecule is CCN(Cc1ccccc1)c1ccc(C(=O)NCc2ccc(F)cc2)nc1. The number of carbonyl (C=O) groups is 1. The lowest BCUT2D eigenvalue weighted by Gasteiger charge is -2.23. The highest BCUT2D eigenvalue weighted by Crippen LogP contribution is 2.16. The molecule has 1 N–H and O–H groups in total. The second-order valence-electron chi connectivity index (χ2n) is 6.21. The van der Waals surface area contributed by atoms with Crippen molar-refractivity contribution in [3.05, 3.63) is 95.6 Å². The molecule has 0 bridgehead atoms. The number of nitrogens with zero attached hydrogens (tertiary/aromatic N) is 2. The van der Waals surface area contributed by atoms with E-state index in [-0.39, 0.29) is 11.7 Å². The van der Waals surface area contributed by atoms with Gasteiger partial charge in [-0.2, -0.15) is 0 Å². The van der Waals surface area contributed by atoms with Crippen LogP contribution in [-0.4, -0.2) is 17.4 Å². The quantitative estimate of drug-likeness (QED) is 0.685. The average Bonchev–Trinajstić information content (AvgIpc) is 2.72. The minimum Gasteiger partial charge on any atom is -0.366 e. The molecule has 0 fully saturated rings. The third-order valence-electron chi connectivity index (χ3n) is 4.31. The lowest BCUT2D eigenvalue weighted by atomic mass is 10.2. The fraction of sp³-hybridized carbons (Fsp3) is 0.182. The van der Waals surface area contributed by atoms with Gasteiger partial charge in [0.2, 0.25) is 0 Å². The van der Waals surface area contributed by atoms with E-state index in [1.807, 2.05) is 24.3 Å². The van der Waals surface area contributed by atoms with Gasteiger partial charge >= 0.3 is 0 Å². The van der Waals surface area contributed by atoms with Gasteiger partial charge in [0.1, 0.15) is 11.5 Å². The lowest BCUT2D eigenvalue weighted by molar-refractivity contribution is 0.0946. The number of hydrogen-bond acceptors (Lipinski definition) is 3. The number of halogens is 1. The summed E-state index contributed by atoms with van der Waals surface area (Å²) in [6, 6.07) is 19.9. The summed E-state index contributed by atoms with van der Waals surface area (Å²) in [5.41, 5.74) is 3.38. The lowest BCUT2D eigenvalue weighted by Crippen LogP contribution is -2.25. The molecular weight excluding hydrogens is 341 g/mol. The molecule has 0 saturated carbocycles. The smallest absolute Gasteiger partial charge is 0.270 e. The molecule has 4 nitrogen and oxygen atoms in total. The van der Waals surface area contributed by atoms with Gasteiger partial charge in [-0.15, -0.1) is 0 Å². The second kappa shape index (κ2) is 8.94. The van der Waals surface area contributed by atoms with E-state index in [1.54, 1.807) is 24.4 Å². The maximum atomic E-state index is 12.9. The molecule has 0 aliphatic heterocycles. The number of aromatic nitrogens is 1. The minimum atomic E-state index is -0.293. The van der Waals surface area contributed by atoms with Crippen molar-refractivity contribution in [3.8, 4) is 0 Å². The minimum absolute atomic E-state index is 0.253. The number of anilines is 1. The first-order chi connectivity index (χ1) is 13.2. The number of nitrogens with one attached hydrogen (secondary N) is 1. The zero-order valence-corrected chi connectivity index (χ0v) is 15.2. The predicted octanol–water partition coefficient (Wildman–Crippen LogP) is 4.18. The molecular formula is C22H22FN3O. The number of carbonyl (C=O) groups excluding carboxylic acids is 1. The van der Waals surface area contributed by atoms with Crippen molar-refractivity contribution in [3.63, 3.8) is 0 Å². The Hall–Kier alpha value is -3.21. The molecule has 0 aliphatic carbocycles. The van der Waals surface area contributed by atoms with E-state index in [9.17, 15) is 9.18 Å². The zero-order valence-electron chi connectivity index (χ0n) is 15.2. The highest BCUT2D eigenvalue weighted by Gasteiger charge is 2.10. The predicted molar refractivity (Wildman–Crippen MR) is 105 cm³/mol. The molecule has 2 aromatic carbocycles. The van der Waals surface area contributed by atoms with Crippen molar-refractivity contribution in [2.75, 3.05) is 11.4 Å². The van der Waals surface area contributed by atoms with Gasteiger partial charge in [0.05, 0.1) is 11.9 Å². The van der Waals surface area contributed by atoms with Crippen molar-refractivity contribution in [1.29, 1.82) is 0 Å². The standard InChI is InChI=1S/C22H22FN3O/c1-2-26(16-18-6-4-3-5-7-18)20-12-13-21(24-15-20)22(27)25-14-17-8-10-19(23)11-9-17/h3-13,15H,2,14,16H2,1H3,(H,25,27). The van der Waals surface area contributed by atoms with Gasteiger partial charge in [-0.1, -0.05) is 42.5 Å². The zero-order chi connectivity index (χ0) is 19.1. The van der Waals surface area contributed by atoms with Crippen LogP contribution in [0, 0.1) is 5.82 Å². The average molecular weight is 363 g/mol. The van der Waals surface area contributed by atoms with Crippen LogP contribution in [0.3, 0.4) is 0 Å². The summed E-state index contributed by atoms with van der Waals surface area (Å²) in [7, 11) is 0. The highest BCUT2D eigenvalue weighted by molar-refractivity contribution is 5.92. The molecule has 1 amide bonds. The van der Waals surface area contributed by atoms with E-state index in [0.717, 1.165) is 24.3 Å². The summed E-state index contributed by atoms with van der Waals surface area (Å²) in [4.78, 5) is 18.8. The monoisotopic (exact) mass is 363 g/mol. The molecule has 138 valence electrons. The molecule has 3 rings (SSSR count). The van der Waals surface area contributed by atoms with Gasteiger partial charge in [-0.3, -0.25) is 4.79 Å². The molecule has 0 saturated heterocycles. The molecule has 0 aliphatic rings. The Morgan fingerprint density at radius 3 is 2.37 bits per heavy atom. The van der Waals surface area contributed by atoms with Crippen LogP contribution in [-0.2, 0) is 13.1 Å². The Morgan fingerprint density at radius 2 is 1.74 bits per heavy atom. The maximum Gasteiger partial charge on any atom is 0.270 e. The topological polar surface area (TPSA) is 45.2 Å². The summed E-state index contributed by atoms with van der Waals surface area (Å²) in [6.07, 6.45) is 1.72. The Labute approximate surface area is 158 Å². The molecule has 0 radical (unpaired) electrons. The second-order valence-corrected chi connectivity index (χ2v) is 6.21. The molecule has 5 heteroatoms. The molecule has 3 aromatic rings. The van der Waals surface area contributed by atoms with E-state index in [2.05, 4.69) is 34.3 Å². The van der Waals surface area contributed by atoms with Gasteiger partial charge in [-0.05, 0) is 42.3 Å². The number of hydrogen-bond donors (Lipinski definition) is 1. The van der Waals surface area contributed by atoms with Gasteiger partial charge in [-0.25, -0.2) is 9.37 Å². The normalized spacial score (nSPS) is 10.4. The van der Waals surface area contributed by atoms with E-state index < -0.39 is 0 Å². The van der Waals surface area contributed by atoms with Crippen molar-refractivity contribution in [2.24, 2.45) is 0 Å². The van der Waals surface area contributed by atoms with Crippen LogP contribution in [0.25, 0.3) is 0 Å². The molecule has 27 heavy (non-hydrogen) atoms. The largest absolute Gasteiger partial charge is 0.366 e. The maximum absolute atomic E-state index is 12.9. The van der Waals surface area contributed by atoms with Crippen LogP contribution in [0.4, 0.5) is 10.1 Å². The molecule has 1 heterocycles. The summed E-state index contributed by atoms with van der Waals surface area (Å²) in [5.74, 6) is -0.546. The Kier molecular flexibility index (Phi) is 6.15.